The zero-order valence-electron chi connectivity index (χ0n) is 14.7. The fourth-order valence-electron chi connectivity index (χ4n) is 3.64. The Hall–Kier alpha value is -1.39. The lowest BCUT2D eigenvalue weighted by molar-refractivity contribution is -0.143. The number of carboxylic acid groups (broad SMARTS) is 1. The van der Waals surface area contributed by atoms with Crippen LogP contribution in [-0.4, -0.2) is 53.6 Å². The molecule has 0 spiro atoms. The zero-order valence-corrected chi connectivity index (χ0v) is 14.7. The maximum atomic E-state index is 11.3. The summed E-state index contributed by atoms with van der Waals surface area (Å²) in [7, 11) is 1.95. The molecule has 0 bridgehead atoms. The molecule has 1 atom stereocenters. The Kier molecular flexibility index (Phi) is 6.19. The van der Waals surface area contributed by atoms with Gasteiger partial charge in [0.2, 0.25) is 0 Å². The van der Waals surface area contributed by atoms with Crippen LogP contribution in [0.1, 0.15) is 38.7 Å². The number of carbonyl (C=O) groups is 1. The molecule has 128 valence electrons. The first-order valence-corrected chi connectivity index (χ1v) is 8.63. The number of hydrogen-bond acceptors (Lipinski definition) is 3. The minimum atomic E-state index is -0.708. The van der Waals surface area contributed by atoms with Gasteiger partial charge in [-0.3, -0.25) is 14.6 Å². The SMILES string of the molecule is CCC(C(=O)O)N(C)CC1(C)CCN(Cc2ccccc2)CC1. The van der Waals surface area contributed by atoms with Gasteiger partial charge in [-0.2, -0.15) is 0 Å². The predicted octanol–water partition coefficient (Wildman–Crippen LogP) is 3.08. The second-order valence-electron chi connectivity index (χ2n) is 7.25. The van der Waals surface area contributed by atoms with Gasteiger partial charge in [-0.15, -0.1) is 0 Å². The summed E-state index contributed by atoms with van der Waals surface area (Å²) in [5.41, 5.74) is 1.58. The van der Waals surface area contributed by atoms with Crippen molar-refractivity contribution in [3.63, 3.8) is 0 Å². The fourth-order valence-corrected chi connectivity index (χ4v) is 3.64. The Morgan fingerprint density at radius 1 is 1.30 bits per heavy atom. The van der Waals surface area contributed by atoms with E-state index in [1.807, 2.05) is 18.9 Å². The van der Waals surface area contributed by atoms with Crippen molar-refractivity contribution in [3.05, 3.63) is 35.9 Å². The molecule has 0 aromatic heterocycles. The van der Waals surface area contributed by atoms with Crippen LogP contribution in [0.25, 0.3) is 0 Å². The van der Waals surface area contributed by atoms with E-state index in [4.69, 9.17) is 0 Å². The van der Waals surface area contributed by atoms with Crippen molar-refractivity contribution in [3.8, 4) is 0 Å². The number of hydrogen-bond donors (Lipinski definition) is 1. The molecule has 1 heterocycles. The third kappa shape index (κ3) is 5.05. The van der Waals surface area contributed by atoms with Gasteiger partial charge in [-0.25, -0.2) is 0 Å². The topological polar surface area (TPSA) is 43.8 Å². The molecule has 0 radical (unpaired) electrons. The third-order valence-corrected chi connectivity index (χ3v) is 5.15. The molecule has 4 heteroatoms. The molecule has 1 unspecified atom stereocenters. The lowest BCUT2D eigenvalue weighted by atomic mass is 9.79. The van der Waals surface area contributed by atoms with Crippen LogP contribution in [0, 0.1) is 5.41 Å². The number of carboxylic acids is 1. The summed E-state index contributed by atoms with van der Waals surface area (Å²) in [5.74, 6) is -0.708. The molecule has 1 aromatic rings. The van der Waals surface area contributed by atoms with Crippen molar-refractivity contribution < 1.29 is 9.90 Å². The van der Waals surface area contributed by atoms with Gasteiger partial charge in [0.15, 0.2) is 0 Å². The first-order valence-electron chi connectivity index (χ1n) is 8.63. The highest BCUT2D eigenvalue weighted by molar-refractivity contribution is 5.73. The Morgan fingerprint density at radius 2 is 1.91 bits per heavy atom. The number of rotatable bonds is 7. The van der Waals surface area contributed by atoms with Crippen molar-refractivity contribution in [1.82, 2.24) is 9.80 Å². The van der Waals surface area contributed by atoms with Crippen molar-refractivity contribution in [2.75, 3.05) is 26.7 Å². The lowest BCUT2D eigenvalue weighted by Crippen LogP contribution is -2.47. The van der Waals surface area contributed by atoms with Gasteiger partial charge in [-0.1, -0.05) is 44.2 Å². The molecule has 1 saturated heterocycles. The quantitative estimate of drug-likeness (QED) is 0.839. The van der Waals surface area contributed by atoms with E-state index in [1.165, 1.54) is 5.56 Å². The van der Waals surface area contributed by atoms with E-state index in [-0.39, 0.29) is 11.5 Å². The summed E-state index contributed by atoms with van der Waals surface area (Å²) in [4.78, 5) is 15.9. The molecule has 1 N–H and O–H groups in total. The fraction of sp³-hybridized carbons (Fsp3) is 0.632. The average Bonchev–Trinajstić information content (AvgIpc) is 2.51. The van der Waals surface area contributed by atoms with Gasteiger partial charge in [0.1, 0.15) is 6.04 Å². The van der Waals surface area contributed by atoms with Crippen LogP contribution in [0.2, 0.25) is 0 Å². The summed E-state index contributed by atoms with van der Waals surface area (Å²) in [6.45, 7) is 8.29. The highest BCUT2D eigenvalue weighted by Gasteiger charge is 2.33. The van der Waals surface area contributed by atoms with E-state index >= 15 is 0 Å². The predicted molar refractivity (Wildman–Crippen MR) is 93.4 cm³/mol. The van der Waals surface area contributed by atoms with Gasteiger partial charge in [0.05, 0.1) is 0 Å². The van der Waals surface area contributed by atoms with E-state index in [0.717, 1.165) is 39.0 Å². The van der Waals surface area contributed by atoms with Crippen LogP contribution >= 0.6 is 0 Å². The summed E-state index contributed by atoms with van der Waals surface area (Å²) in [6, 6.07) is 10.2. The minimum Gasteiger partial charge on any atom is -0.480 e. The molecule has 1 aliphatic rings. The standard InChI is InChI=1S/C19H30N2O2/c1-4-17(18(22)23)20(3)15-19(2)10-12-21(13-11-19)14-16-8-6-5-7-9-16/h5-9,17H,4,10-15H2,1-3H3,(H,22,23). The molecule has 23 heavy (non-hydrogen) atoms. The van der Waals surface area contributed by atoms with Crippen LogP contribution in [-0.2, 0) is 11.3 Å². The zero-order chi connectivity index (χ0) is 16.9. The highest BCUT2D eigenvalue weighted by atomic mass is 16.4. The van der Waals surface area contributed by atoms with Crippen molar-refractivity contribution in [2.45, 2.75) is 45.7 Å². The van der Waals surface area contributed by atoms with Gasteiger partial charge < -0.3 is 5.11 Å². The molecule has 0 saturated carbocycles. The Morgan fingerprint density at radius 3 is 2.43 bits per heavy atom. The largest absolute Gasteiger partial charge is 0.480 e. The first-order chi connectivity index (χ1) is 10.9. The molecule has 1 fully saturated rings. The number of aliphatic carboxylic acids is 1. The number of nitrogens with zero attached hydrogens (tertiary/aromatic N) is 2. The summed E-state index contributed by atoms with van der Waals surface area (Å²) in [6.07, 6.45) is 2.91. The monoisotopic (exact) mass is 318 g/mol. The van der Waals surface area contributed by atoms with Crippen molar-refractivity contribution >= 4 is 5.97 Å². The van der Waals surface area contributed by atoms with Crippen molar-refractivity contribution in [1.29, 1.82) is 0 Å². The molecule has 4 nitrogen and oxygen atoms in total. The molecule has 0 amide bonds. The van der Waals surface area contributed by atoms with Crippen LogP contribution < -0.4 is 0 Å². The highest BCUT2D eigenvalue weighted by Crippen LogP contribution is 2.32. The van der Waals surface area contributed by atoms with Crippen LogP contribution in [0.15, 0.2) is 30.3 Å². The lowest BCUT2D eigenvalue weighted by Gasteiger charge is -2.42. The Balaban J connectivity index is 1.85. The average molecular weight is 318 g/mol. The van der Waals surface area contributed by atoms with E-state index in [2.05, 4.69) is 42.2 Å². The van der Waals surface area contributed by atoms with E-state index < -0.39 is 5.97 Å². The summed E-state index contributed by atoms with van der Waals surface area (Å²) < 4.78 is 0. The van der Waals surface area contributed by atoms with Crippen LogP contribution in [0.3, 0.4) is 0 Å². The third-order valence-electron chi connectivity index (χ3n) is 5.15. The van der Waals surface area contributed by atoms with Gasteiger partial charge in [0.25, 0.3) is 0 Å². The number of benzene rings is 1. The summed E-state index contributed by atoms with van der Waals surface area (Å²) in [5, 5.41) is 9.31. The van der Waals surface area contributed by atoms with Gasteiger partial charge in [0, 0.05) is 13.1 Å². The first kappa shape index (κ1) is 18.0. The van der Waals surface area contributed by atoms with E-state index in [1.54, 1.807) is 0 Å². The van der Waals surface area contributed by atoms with Crippen molar-refractivity contribution in [2.24, 2.45) is 5.41 Å². The molecular weight excluding hydrogens is 288 g/mol. The maximum absolute atomic E-state index is 11.3. The minimum absolute atomic E-state index is 0.213. The number of piperidine rings is 1. The normalized spacial score (nSPS) is 19.7. The molecule has 2 rings (SSSR count). The molecular formula is C19H30N2O2. The Labute approximate surface area is 140 Å². The van der Waals surface area contributed by atoms with E-state index in [0.29, 0.717) is 6.42 Å². The number of likely N-dealkylation sites (N-methyl/N-ethyl adjacent to an activating group) is 1. The summed E-state index contributed by atoms with van der Waals surface area (Å²) >= 11 is 0. The smallest absolute Gasteiger partial charge is 0.320 e. The maximum Gasteiger partial charge on any atom is 0.320 e. The molecule has 0 aliphatic carbocycles. The number of likely N-dealkylation sites (tertiary alicyclic amines) is 1. The van der Waals surface area contributed by atoms with Gasteiger partial charge >= 0.3 is 5.97 Å². The van der Waals surface area contributed by atoms with Gasteiger partial charge in [-0.05, 0) is 50.4 Å². The van der Waals surface area contributed by atoms with Crippen LogP contribution in [0.4, 0.5) is 0 Å². The van der Waals surface area contributed by atoms with Crippen LogP contribution in [0.5, 0.6) is 0 Å². The second kappa shape index (κ2) is 7.93. The molecule has 1 aliphatic heterocycles. The second-order valence-corrected chi connectivity index (χ2v) is 7.25. The van der Waals surface area contributed by atoms with E-state index in [9.17, 15) is 9.90 Å². The Bertz CT molecular complexity index is 495. The molecule has 1 aromatic carbocycles.